The molecule has 0 amide bonds. The van der Waals surface area contributed by atoms with Gasteiger partial charge in [-0.25, -0.2) is 4.98 Å². The van der Waals surface area contributed by atoms with Crippen LogP contribution in [0.4, 0.5) is 17.2 Å². The summed E-state index contributed by atoms with van der Waals surface area (Å²) in [7, 11) is 0. The molecule has 5 heteroatoms. The average Bonchev–Trinajstić information content (AvgIpc) is 2.45. The minimum absolute atomic E-state index is 0.583. The van der Waals surface area contributed by atoms with Crippen molar-refractivity contribution in [3.05, 3.63) is 36.0 Å². The summed E-state index contributed by atoms with van der Waals surface area (Å²) in [6.45, 7) is 7.04. The van der Waals surface area contributed by atoms with Crippen LogP contribution in [0, 0.1) is 6.92 Å². The second kappa shape index (κ2) is 6.83. The molecular formula is C16H21N3O2. The van der Waals surface area contributed by atoms with Crippen LogP contribution in [0.1, 0.15) is 19.4 Å². The molecule has 0 aliphatic rings. The van der Waals surface area contributed by atoms with Gasteiger partial charge in [0.1, 0.15) is 11.5 Å². The molecular weight excluding hydrogens is 266 g/mol. The fraction of sp³-hybridized carbons (Fsp3) is 0.312. The van der Waals surface area contributed by atoms with Crippen LogP contribution in [0.2, 0.25) is 0 Å². The normalized spacial score (nSPS) is 10.2. The molecule has 0 spiro atoms. The Morgan fingerprint density at radius 1 is 1.14 bits per heavy atom. The summed E-state index contributed by atoms with van der Waals surface area (Å²) < 4.78 is 11.1. The van der Waals surface area contributed by atoms with E-state index in [2.05, 4.69) is 10.3 Å². The molecule has 0 aliphatic carbocycles. The lowest BCUT2D eigenvalue weighted by Crippen LogP contribution is -2.03. The minimum Gasteiger partial charge on any atom is -0.494 e. The van der Waals surface area contributed by atoms with Gasteiger partial charge < -0.3 is 20.5 Å². The third-order valence-corrected chi connectivity index (χ3v) is 2.87. The maximum atomic E-state index is 5.99. The van der Waals surface area contributed by atoms with Crippen LogP contribution in [0.15, 0.2) is 30.5 Å². The van der Waals surface area contributed by atoms with Crippen molar-refractivity contribution in [2.45, 2.75) is 20.8 Å². The molecule has 0 saturated carbocycles. The Morgan fingerprint density at radius 2 is 1.90 bits per heavy atom. The van der Waals surface area contributed by atoms with Gasteiger partial charge in [0.15, 0.2) is 5.82 Å². The van der Waals surface area contributed by atoms with E-state index in [0.29, 0.717) is 24.7 Å². The quantitative estimate of drug-likeness (QED) is 0.850. The number of nitrogens with two attached hydrogens (primary N) is 1. The fourth-order valence-corrected chi connectivity index (χ4v) is 1.97. The van der Waals surface area contributed by atoms with Crippen molar-refractivity contribution in [3.63, 3.8) is 0 Å². The Labute approximate surface area is 125 Å². The van der Waals surface area contributed by atoms with Crippen LogP contribution in [-0.4, -0.2) is 18.2 Å². The van der Waals surface area contributed by atoms with Gasteiger partial charge >= 0.3 is 0 Å². The Balaban J connectivity index is 2.33. The SMILES string of the molecule is CCOc1ccc(OCC)c(Nc2ncc(C)cc2N)c1. The number of aryl methyl sites for hydroxylation is 1. The van der Waals surface area contributed by atoms with Crippen molar-refractivity contribution in [1.29, 1.82) is 0 Å². The third-order valence-electron chi connectivity index (χ3n) is 2.87. The lowest BCUT2D eigenvalue weighted by molar-refractivity contribution is 0.332. The molecule has 21 heavy (non-hydrogen) atoms. The molecule has 1 aromatic heterocycles. The monoisotopic (exact) mass is 287 g/mol. The van der Waals surface area contributed by atoms with E-state index in [4.69, 9.17) is 15.2 Å². The third kappa shape index (κ3) is 3.78. The number of hydrogen-bond acceptors (Lipinski definition) is 5. The smallest absolute Gasteiger partial charge is 0.153 e. The van der Waals surface area contributed by atoms with Crippen LogP contribution < -0.4 is 20.5 Å². The van der Waals surface area contributed by atoms with Gasteiger partial charge in [0, 0.05) is 12.3 Å². The summed E-state index contributed by atoms with van der Waals surface area (Å²) in [5.41, 5.74) is 8.39. The standard InChI is InChI=1S/C16H21N3O2/c1-4-20-12-6-7-15(21-5-2)14(9-12)19-16-13(17)8-11(3)10-18-16/h6-10H,4-5,17H2,1-3H3,(H,18,19). The van der Waals surface area contributed by atoms with Crippen LogP contribution >= 0.6 is 0 Å². The van der Waals surface area contributed by atoms with Gasteiger partial charge in [-0.1, -0.05) is 0 Å². The fourth-order valence-electron chi connectivity index (χ4n) is 1.97. The van der Waals surface area contributed by atoms with E-state index in [1.807, 2.05) is 45.0 Å². The number of aromatic nitrogens is 1. The average molecular weight is 287 g/mol. The molecule has 1 aromatic carbocycles. The minimum atomic E-state index is 0.583. The van der Waals surface area contributed by atoms with Crippen molar-refractivity contribution in [2.75, 3.05) is 24.3 Å². The Bertz CT molecular complexity index is 614. The van der Waals surface area contributed by atoms with Crippen LogP contribution in [0.25, 0.3) is 0 Å². The highest BCUT2D eigenvalue weighted by Crippen LogP contribution is 2.33. The number of rotatable bonds is 6. The largest absolute Gasteiger partial charge is 0.494 e. The second-order valence-electron chi connectivity index (χ2n) is 4.60. The molecule has 2 rings (SSSR count). The summed E-state index contributed by atoms with van der Waals surface area (Å²) in [6.07, 6.45) is 1.77. The number of nitrogens with zero attached hydrogens (tertiary/aromatic N) is 1. The van der Waals surface area contributed by atoms with Crippen LogP contribution in [0.3, 0.4) is 0 Å². The number of nitrogen functional groups attached to an aromatic ring is 1. The number of hydrogen-bond donors (Lipinski definition) is 2. The highest BCUT2D eigenvalue weighted by Gasteiger charge is 2.09. The Kier molecular flexibility index (Phi) is 4.87. The van der Waals surface area contributed by atoms with Crippen LogP contribution in [-0.2, 0) is 0 Å². The summed E-state index contributed by atoms with van der Waals surface area (Å²) in [4.78, 5) is 4.32. The first-order chi connectivity index (χ1) is 10.1. The van der Waals surface area contributed by atoms with E-state index >= 15 is 0 Å². The van der Waals surface area contributed by atoms with Gasteiger partial charge in [0.2, 0.25) is 0 Å². The molecule has 3 N–H and O–H groups in total. The topological polar surface area (TPSA) is 69.4 Å². The number of ether oxygens (including phenoxy) is 2. The summed E-state index contributed by atoms with van der Waals surface area (Å²) >= 11 is 0. The van der Waals surface area contributed by atoms with Crippen molar-refractivity contribution in [1.82, 2.24) is 4.98 Å². The van der Waals surface area contributed by atoms with Gasteiger partial charge in [-0.2, -0.15) is 0 Å². The predicted molar refractivity (Wildman–Crippen MR) is 85.4 cm³/mol. The molecule has 112 valence electrons. The van der Waals surface area contributed by atoms with E-state index in [1.54, 1.807) is 6.20 Å². The molecule has 5 nitrogen and oxygen atoms in total. The maximum Gasteiger partial charge on any atom is 0.153 e. The Morgan fingerprint density at radius 3 is 2.57 bits per heavy atom. The number of pyridine rings is 1. The van der Waals surface area contributed by atoms with Crippen LogP contribution in [0.5, 0.6) is 11.5 Å². The first kappa shape index (κ1) is 15.0. The molecule has 0 unspecified atom stereocenters. The van der Waals surface area contributed by atoms with Crippen molar-refractivity contribution in [2.24, 2.45) is 0 Å². The van der Waals surface area contributed by atoms with Gasteiger partial charge in [-0.05, 0) is 44.5 Å². The van der Waals surface area contributed by atoms with E-state index in [-0.39, 0.29) is 0 Å². The summed E-state index contributed by atoms with van der Waals surface area (Å²) in [6, 6.07) is 7.52. The second-order valence-corrected chi connectivity index (χ2v) is 4.60. The molecule has 0 fully saturated rings. The predicted octanol–water partition coefficient (Wildman–Crippen LogP) is 3.51. The zero-order valence-corrected chi connectivity index (χ0v) is 12.6. The number of nitrogens with one attached hydrogen (secondary N) is 1. The van der Waals surface area contributed by atoms with Gasteiger partial charge in [-0.15, -0.1) is 0 Å². The molecule has 0 radical (unpaired) electrons. The van der Waals surface area contributed by atoms with Crippen molar-refractivity contribution < 1.29 is 9.47 Å². The Hall–Kier alpha value is -2.43. The summed E-state index contributed by atoms with van der Waals surface area (Å²) in [5.74, 6) is 2.12. The molecule has 2 aromatic rings. The zero-order valence-electron chi connectivity index (χ0n) is 12.6. The number of benzene rings is 1. The van der Waals surface area contributed by atoms with Crippen molar-refractivity contribution in [3.8, 4) is 11.5 Å². The first-order valence-electron chi connectivity index (χ1n) is 7.02. The lowest BCUT2D eigenvalue weighted by atomic mass is 10.2. The van der Waals surface area contributed by atoms with E-state index in [9.17, 15) is 0 Å². The van der Waals surface area contributed by atoms with Gasteiger partial charge in [-0.3, -0.25) is 0 Å². The van der Waals surface area contributed by atoms with E-state index in [1.165, 1.54) is 0 Å². The first-order valence-corrected chi connectivity index (χ1v) is 7.02. The highest BCUT2D eigenvalue weighted by molar-refractivity contribution is 5.73. The van der Waals surface area contributed by atoms with Crippen molar-refractivity contribution >= 4 is 17.2 Å². The van der Waals surface area contributed by atoms with E-state index < -0.39 is 0 Å². The summed E-state index contributed by atoms with van der Waals surface area (Å²) in [5, 5.41) is 3.21. The lowest BCUT2D eigenvalue weighted by Gasteiger charge is -2.15. The maximum absolute atomic E-state index is 5.99. The van der Waals surface area contributed by atoms with E-state index in [0.717, 1.165) is 22.7 Å². The van der Waals surface area contributed by atoms with Gasteiger partial charge in [0.25, 0.3) is 0 Å². The molecule has 0 atom stereocenters. The number of anilines is 3. The highest BCUT2D eigenvalue weighted by atomic mass is 16.5. The zero-order chi connectivity index (χ0) is 15.2. The molecule has 0 bridgehead atoms. The van der Waals surface area contributed by atoms with Gasteiger partial charge in [0.05, 0.1) is 24.6 Å². The molecule has 0 aliphatic heterocycles. The molecule has 1 heterocycles. The molecule has 0 saturated heterocycles.